The molecule has 1 aliphatic heterocycles. The van der Waals surface area contributed by atoms with Gasteiger partial charge in [-0.2, -0.15) is 5.26 Å². The Morgan fingerprint density at radius 1 is 1.53 bits per heavy atom. The molecule has 2 rings (SSSR count). The van der Waals surface area contributed by atoms with Gasteiger partial charge in [-0.05, 0) is 5.92 Å². The summed E-state index contributed by atoms with van der Waals surface area (Å²) in [4.78, 5) is 4.39. The highest BCUT2D eigenvalue weighted by atomic mass is 19.1. The summed E-state index contributed by atoms with van der Waals surface area (Å²) in [6, 6.07) is 4.85. The van der Waals surface area contributed by atoms with Crippen molar-refractivity contribution in [1.29, 1.82) is 5.26 Å². The summed E-state index contributed by atoms with van der Waals surface area (Å²) in [6.45, 7) is 3.99. The maximum absolute atomic E-state index is 13.8. The van der Waals surface area contributed by atoms with Gasteiger partial charge < -0.3 is 4.74 Å². The summed E-state index contributed by atoms with van der Waals surface area (Å²) < 4.78 is 18.9. The second-order valence-electron chi connectivity index (χ2n) is 4.28. The van der Waals surface area contributed by atoms with E-state index in [1.807, 2.05) is 19.9 Å². The van der Waals surface area contributed by atoms with Gasteiger partial charge in [0.1, 0.15) is 17.6 Å². The maximum Gasteiger partial charge on any atom is 0.174 e. The molecule has 0 bridgehead atoms. The number of fused-ring (bicyclic) bond motifs is 1. The number of ether oxygens (including phenoxy) is 1. The minimum Gasteiger partial charge on any atom is -0.479 e. The van der Waals surface area contributed by atoms with Crippen molar-refractivity contribution >= 4 is 11.4 Å². The van der Waals surface area contributed by atoms with Gasteiger partial charge in [0.2, 0.25) is 0 Å². The van der Waals surface area contributed by atoms with Crippen LogP contribution in [-0.4, -0.2) is 12.3 Å². The standard InChI is InChI=1S/C13H13FN2O/c1-8(2)12-7-10-11(14)5-9(17-4-3-15)6-13(10)16-12/h5-6,8H,4,7H2,1-2H3. The van der Waals surface area contributed by atoms with Gasteiger partial charge in [0, 0.05) is 29.8 Å². The second-order valence-corrected chi connectivity index (χ2v) is 4.28. The summed E-state index contributed by atoms with van der Waals surface area (Å²) >= 11 is 0. The summed E-state index contributed by atoms with van der Waals surface area (Å²) in [5, 5.41) is 8.41. The van der Waals surface area contributed by atoms with Gasteiger partial charge in [-0.1, -0.05) is 13.8 Å². The largest absolute Gasteiger partial charge is 0.479 e. The molecule has 1 aliphatic rings. The minimum absolute atomic E-state index is 0.0843. The predicted molar refractivity (Wildman–Crippen MR) is 63.1 cm³/mol. The zero-order valence-corrected chi connectivity index (χ0v) is 9.83. The zero-order valence-electron chi connectivity index (χ0n) is 9.83. The Morgan fingerprint density at radius 2 is 2.29 bits per heavy atom. The summed E-state index contributed by atoms with van der Waals surface area (Å²) in [6.07, 6.45) is 0.567. The number of aliphatic imine (C=N–C) groups is 1. The normalized spacial score (nSPS) is 13.2. The first-order valence-electron chi connectivity index (χ1n) is 5.51. The first-order valence-corrected chi connectivity index (χ1v) is 5.51. The minimum atomic E-state index is -0.310. The van der Waals surface area contributed by atoms with Gasteiger partial charge in [-0.3, -0.25) is 4.99 Å². The van der Waals surface area contributed by atoms with E-state index in [-0.39, 0.29) is 12.4 Å². The maximum atomic E-state index is 13.8. The lowest BCUT2D eigenvalue weighted by Crippen LogP contribution is -2.07. The van der Waals surface area contributed by atoms with Crippen molar-refractivity contribution in [2.45, 2.75) is 20.3 Å². The molecule has 1 aromatic rings. The monoisotopic (exact) mass is 232 g/mol. The quantitative estimate of drug-likeness (QED) is 0.804. The highest BCUT2D eigenvalue weighted by Gasteiger charge is 2.21. The van der Waals surface area contributed by atoms with Crippen molar-refractivity contribution in [2.75, 3.05) is 6.61 Å². The van der Waals surface area contributed by atoms with Crippen molar-refractivity contribution in [1.82, 2.24) is 0 Å². The van der Waals surface area contributed by atoms with Crippen LogP contribution in [0.4, 0.5) is 10.1 Å². The number of rotatable bonds is 3. The number of benzene rings is 1. The van der Waals surface area contributed by atoms with Crippen LogP contribution in [0.2, 0.25) is 0 Å². The van der Waals surface area contributed by atoms with Gasteiger partial charge in [0.05, 0.1) is 5.69 Å². The van der Waals surface area contributed by atoms with Gasteiger partial charge in [-0.15, -0.1) is 0 Å². The Balaban J connectivity index is 2.31. The molecule has 17 heavy (non-hydrogen) atoms. The van der Waals surface area contributed by atoms with E-state index >= 15 is 0 Å². The predicted octanol–water partition coefficient (Wildman–Crippen LogP) is 3.01. The van der Waals surface area contributed by atoms with E-state index in [1.54, 1.807) is 6.07 Å². The van der Waals surface area contributed by atoms with Crippen LogP contribution in [0, 0.1) is 23.1 Å². The van der Waals surface area contributed by atoms with Crippen LogP contribution in [0.25, 0.3) is 0 Å². The van der Waals surface area contributed by atoms with Crippen molar-refractivity contribution in [2.24, 2.45) is 10.9 Å². The van der Waals surface area contributed by atoms with Gasteiger partial charge in [-0.25, -0.2) is 4.39 Å². The molecule has 0 aliphatic carbocycles. The fraction of sp³-hybridized carbons (Fsp3) is 0.385. The number of hydrogen-bond acceptors (Lipinski definition) is 3. The lowest BCUT2D eigenvalue weighted by molar-refractivity contribution is 0.365. The second kappa shape index (κ2) is 4.54. The molecule has 0 saturated heterocycles. The van der Waals surface area contributed by atoms with Gasteiger partial charge in [0.15, 0.2) is 6.61 Å². The van der Waals surface area contributed by atoms with Gasteiger partial charge >= 0.3 is 0 Å². The highest BCUT2D eigenvalue weighted by Crippen LogP contribution is 2.34. The van der Waals surface area contributed by atoms with E-state index in [4.69, 9.17) is 10.00 Å². The molecule has 88 valence electrons. The van der Waals surface area contributed by atoms with Crippen LogP contribution in [0.15, 0.2) is 17.1 Å². The van der Waals surface area contributed by atoms with Crippen LogP contribution >= 0.6 is 0 Å². The zero-order chi connectivity index (χ0) is 12.4. The van der Waals surface area contributed by atoms with E-state index in [0.717, 1.165) is 5.71 Å². The molecule has 0 radical (unpaired) electrons. The molecule has 0 saturated carbocycles. The van der Waals surface area contributed by atoms with Crippen LogP contribution in [0.1, 0.15) is 19.4 Å². The number of nitriles is 1. The molecule has 3 nitrogen and oxygen atoms in total. The Bertz CT molecular complexity index is 515. The Labute approximate surface area is 99.5 Å². The van der Waals surface area contributed by atoms with Crippen LogP contribution in [0.3, 0.4) is 0 Å². The molecule has 4 heteroatoms. The van der Waals surface area contributed by atoms with E-state index in [2.05, 4.69) is 4.99 Å². The topological polar surface area (TPSA) is 45.4 Å². The number of halogens is 1. The van der Waals surface area contributed by atoms with Crippen molar-refractivity contribution in [3.63, 3.8) is 0 Å². The molecule has 0 N–H and O–H groups in total. The summed E-state index contributed by atoms with van der Waals surface area (Å²) in [5.41, 5.74) is 2.23. The van der Waals surface area contributed by atoms with E-state index in [9.17, 15) is 4.39 Å². The first-order chi connectivity index (χ1) is 8.11. The molecular formula is C13H13FN2O. The summed E-state index contributed by atoms with van der Waals surface area (Å²) in [5.74, 6) is 0.358. The molecule has 0 atom stereocenters. The van der Waals surface area contributed by atoms with Crippen molar-refractivity contribution in [3.05, 3.63) is 23.5 Å². The molecule has 0 unspecified atom stereocenters. The van der Waals surface area contributed by atoms with Crippen molar-refractivity contribution in [3.8, 4) is 11.8 Å². The van der Waals surface area contributed by atoms with E-state index < -0.39 is 0 Å². The number of hydrogen-bond donors (Lipinski definition) is 0. The Kier molecular flexibility index (Phi) is 3.10. The Hall–Kier alpha value is -1.89. The third kappa shape index (κ3) is 2.28. The molecule has 0 aromatic heterocycles. The third-order valence-electron chi connectivity index (χ3n) is 2.74. The van der Waals surface area contributed by atoms with E-state index in [1.165, 1.54) is 6.07 Å². The first kappa shape index (κ1) is 11.6. The fourth-order valence-corrected chi connectivity index (χ4v) is 1.78. The van der Waals surface area contributed by atoms with Crippen LogP contribution in [0.5, 0.6) is 5.75 Å². The molecule has 1 heterocycles. The average molecular weight is 232 g/mol. The molecule has 0 amide bonds. The molecule has 1 aromatic carbocycles. The average Bonchev–Trinajstić information content (AvgIpc) is 2.71. The lowest BCUT2D eigenvalue weighted by atomic mass is 10.0. The smallest absolute Gasteiger partial charge is 0.174 e. The van der Waals surface area contributed by atoms with Crippen LogP contribution < -0.4 is 4.74 Å². The highest BCUT2D eigenvalue weighted by molar-refractivity contribution is 5.95. The van der Waals surface area contributed by atoms with E-state index in [0.29, 0.717) is 29.3 Å². The Morgan fingerprint density at radius 3 is 2.94 bits per heavy atom. The molecule has 0 fully saturated rings. The number of nitrogens with zero attached hydrogens (tertiary/aromatic N) is 2. The third-order valence-corrected chi connectivity index (χ3v) is 2.74. The SMILES string of the molecule is CC(C)C1=Nc2cc(OCC#N)cc(F)c2C1. The lowest BCUT2D eigenvalue weighted by Gasteiger charge is -2.05. The summed E-state index contributed by atoms with van der Waals surface area (Å²) in [7, 11) is 0. The van der Waals surface area contributed by atoms with Crippen LogP contribution in [-0.2, 0) is 6.42 Å². The molecule has 0 spiro atoms. The fourth-order valence-electron chi connectivity index (χ4n) is 1.78. The van der Waals surface area contributed by atoms with Crippen molar-refractivity contribution < 1.29 is 9.13 Å². The molecular weight excluding hydrogens is 219 g/mol. The van der Waals surface area contributed by atoms with Gasteiger partial charge in [0.25, 0.3) is 0 Å².